The molecule has 116 valence electrons. The van der Waals surface area contributed by atoms with E-state index in [0.29, 0.717) is 24.1 Å². The molecule has 1 N–H and O–H groups in total. The van der Waals surface area contributed by atoms with Gasteiger partial charge in [-0.05, 0) is 59.9 Å². The van der Waals surface area contributed by atoms with Crippen LogP contribution in [0.5, 0.6) is 0 Å². The number of rotatable bonds is 5. The van der Waals surface area contributed by atoms with Crippen LogP contribution in [-0.2, 0) is 0 Å². The maximum Gasteiger partial charge on any atom is 0.252 e. The van der Waals surface area contributed by atoms with Gasteiger partial charge in [0.15, 0.2) is 0 Å². The molecule has 1 fully saturated rings. The number of hydrogen-bond acceptors (Lipinski definition) is 2. The second kappa shape index (κ2) is 7.36. The van der Waals surface area contributed by atoms with Crippen molar-refractivity contribution in [1.29, 1.82) is 0 Å². The third-order valence-corrected chi connectivity index (χ3v) is 4.85. The van der Waals surface area contributed by atoms with Crippen molar-refractivity contribution in [2.45, 2.75) is 32.7 Å². The third-order valence-electron chi connectivity index (χ3n) is 4.05. The van der Waals surface area contributed by atoms with E-state index in [1.165, 1.54) is 18.9 Å². The van der Waals surface area contributed by atoms with Crippen molar-refractivity contribution in [3.05, 3.63) is 34.1 Å². The fourth-order valence-corrected chi connectivity index (χ4v) is 3.28. The van der Waals surface area contributed by atoms with E-state index in [4.69, 9.17) is 0 Å². The highest BCUT2D eigenvalue weighted by Gasteiger charge is 2.25. The Morgan fingerprint density at radius 1 is 1.38 bits per heavy atom. The molecule has 3 nitrogen and oxygen atoms in total. The maximum atomic E-state index is 13.5. The molecule has 0 aliphatic carbocycles. The van der Waals surface area contributed by atoms with Crippen molar-refractivity contribution < 1.29 is 9.18 Å². The highest BCUT2D eigenvalue weighted by Crippen LogP contribution is 2.21. The van der Waals surface area contributed by atoms with Gasteiger partial charge in [-0.1, -0.05) is 19.9 Å². The molecule has 0 saturated carbocycles. The number of amides is 1. The second-order valence-electron chi connectivity index (χ2n) is 5.87. The van der Waals surface area contributed by atoms with Gasteiger partial charge < -0.3 is 5.32 Å². The van der Waals surface area contributed by atoms with Crippen molar-refractivity contribution in [1.82, 2.24) is 10.2 Å². The van der Waals surface area contributed by atoms with E-state index in [9.17, 15) is 9.18 Å². The lowest BCUT2D eigenvalue weighted by Crippen LogP contribution is -2.45. The van der Waals surface area contributed by atoms with Crippen molar-refractivity contribution in [3.8, 4) is 0 Å². The molecule has 1 aliphatic heterocycles. The fraction of sp³-hybridized carbons (Fsp3) is 0.562. The van der Waals surface area contributed by atoms with Crippen LogP contribution in [0.25, 0.3) is 0 Å². The molecule has 1 heterocycles. The van der Waals surface area contributed by atoms with E-state index in [2.05, 4.69) is 40.0 Å². The van der Waals surface area contributed by atoms with Crippen LogP contribution in [0.15, 0.2) is 22.7 Å². The molecule has 21 heavy (non-hydrogen) atoms. The molecule has 1 unspecified atom stereocenters. The van der Waals surface area contributed by atoms with Gasteiger partial charge in [-0.2, -0.15) is 0 Å². The summed E-state index contributed by atoms with van der Waals surface area (Å²) in [5, 5.41) is 2.95. The Morgan fingerprint density at radius 3 is 2.67 bits per heavy atom. The van der Waals surface area contributed by atoms with E-state index in [1.807, 2.05) is 0 Å². The molecule has 1 aliphatic rings. The van der Waals surface area contributed by atoms with Gasteiger partial charge in [0, 0.05) is 12.6 Å². The minimum Gasteiger partial charge on any atom is -0.350 e. The topological polar surface area (TPSA) is 32.3 Å². The van der Waals surface area contributed by atoms with Gasteiger partial charge in [0.05, 0.1) is 10.0 Å². The zero-order chi connectivity index (χ0) is 15.4. The number of carbonyl (C=O) groups excluding carboxylic acids is 1. The first-order chi connectivity index (χ1) is 10.0. The molecule has 1 aromatic carbocycles. The Morgan fingerprint density at radius 2 is 2.05 bits per heavy atom. The Balaban J connectivity index is 2.00. The summed E-state index contributed by atoms with van der Waals surface area (Å²) >= 11 is 3.14. The SMILES string of the molecule is CC(C)C(CNC(=O)c1cccc(F)c1Br)N1CCCC1. The van der Waals surface area contributed by atoms with E-state index < -0.39 is 5.82 Å². The van der Waals surface area contributed by atoms with Crippen molar-refractivity contribution in [3.63, 3.8) is 0 Å². The lowest BCUT2D eigenvalue weighted by Gasteiger charge is -2.31. The normalized spacial score (nSPS) is 17.2. The summed E-state index contributed by atoms with van der Waals surface area (Å²) in [5.74, 6) is -0.173. The molecule has 1 saturated heterocycles. The fourth-order valence-electron chi connectivity index (χ4n) is 2.83. The molecule has 1 aromatic rings. The molecular formula is C16H22BrFN2O. The van der Waals surface area contributed by atoms with Gasteiger partial charge in [0.1, 0.15) is 5.82 Å². The molecule has 0 radical (unpaired) electrons. The van der Waals surface area contributed by atoms with E-state index in [0.717, 1.165) is 13.1 Å². The van der Waals surface area contributed by atoms with Gasteiger partial charge in [0.2, 0.25) is 0 Å². The van der Waals surface area contributed by atoms with Gasteiger partial charge in [-0.25, -0.2) is 4.39 Å². The Kier molecular flexibility index (Phi) is 5.76. The van der Waals surface area contributed by atoms with Crippen molar-refractivity contribution in [2.24, 2.45) is 5.92 Å². The predicted octanol–water partition coefficient (Wildman–Crippen LogP) is 3.44. The van der Waals surface area contributed by atoms with E-state index in [1.54, 1.807) is 12.1 Å². The van der Waals surface area contributed by atoms with Crippen LogP contribution in [0.4, 0.5) is 4.39 Å². The highest BCUT2D eigenvalue weighted by atomic mass is 79.9. The van der Waals surface area contributed by atoms with E-state index >= 15 is 0 Å². The zero-order valence-corrected chi connectivity index (χ0v) is 14.1. The molecule has 0 spiro atoms. The molecule has 5 heteroatoms. The number of halogens is 2. The average Bonchev–Trinajstić information content (AvgIpc) is 2.95. The zero-order valence-electron chi connectivity index (χ0n) is 12.5. The van der Waals surface area contributed by atoms with Gasteiger partial charge in [0.25, 0.3) is 5.91 Å². The summed E-state index contributed by atoms with van der Waals surface area (Å²) < 4.78 is 13.7. The minimum absolute atomic E-state index is 0.227. The number of benzene rings is 1. The van der Waals surface area contributed by atoms with Crippen LogP contribution < -0.4 is 5.32 Å². The number of carbonyl (C=O) groups is 1. The minimum atomic E-state index is -0.414. The molecule has 2 rings (SSSR count). The Hall–Kier alpha value is -0.940. The summed E-state index contributed by atoms with van der Waals surface area (Å²) in [7, 11) is 0. The molecule has 0 aromatic heterocycles. The number of nitrogens with one attached hydrogen (secondary N) is 1. The first-order valence-corrected chi connectivity index (χ1v) is 8.26. The molecule has 0 bridgehead atoms. The van der Waals surface area contributed by atoms with Gasteiger partial charge >= 0.3 is 0 Å². The lowest BCUT2D eigenvalue weighted by molar-refractivity contribution is 0.0926. The van der Waals surface area contributed by atoms with Gasteiger partial charge in [-0.3, -0.25) is 9.69 Å². The highest BCUT2D eigenvalue weighted by molar-refractivity contribution is 9.10. The van der Waals surface area contributed by atoms with Crippen molar-refractivity contribution >= 4 is 21.8 Å². The summed E-state index contributed by atoms with van der Waals surface area (Å²) in [4.78, 5) is 14.7. The monoisotopic (exact) mass is 356 g/mol. The lowest BCUT2D eigenvalue weighted by atomic mass is 10.0. The van der Waals surface area contributed by atoms with Crippen LogP contribution in [0.3, 0.4) is 0 Å². The molecular weight excluding hydrogens is 335 g/mol. The van der Waals surface area contributed by atoms with Crippen LogP contribution in [0.1, 0.15) is 37.0 Å². The smallest absolute Gasteiger partial charge is 0.252 e. The average molecular weight is 357 g/mol. The molecule has 1 amide bonds. The first-order valence-electron chi connectivity index (χ1n) is 7.47. The summed E-state index contributed by atoms with van der Waals surface area (Å²) in [6.07, 6.45) is 2.46. The van der Waals surface area contributed by atoms with Gasteiger partial charge in [-0.15, -0.1) is 0 Å². The third kappa shape index (κ3) is 4.04. The Labute approximate surface area is 134 Å². The van der Waals surface area contributed by atoms with E-state index in [-0.39, 0.29) is 10.4 Å². The summed E-state index contributed by atoms with van der Waals surface area (Å²) in [5.41, 5.74) is 0.346. The van der Waals surface area contributed by atoms with Crippen molar-refractivity contribution in [2.75, 3.05) is 19.6 Å². The number of hydrogen-bond donors (Lipinski definition) is 1. The standard InChI is InChI=1S/C16H22BrFN2O/c1-11(2)14(20-8-3-4-9-20)10-19-16(21)12-6-5-7-13(18)15(12)17/h5-7,11,14H,3-4,8-10H2,1-2H3,(H,19,21). The second-order valence-corrected chi connectivity index (χ2v) is 6.66. The maximum absolute atomic E-state index is 13.5. The largest absolute Gasteiger partial charge is 0.350 e. The predicted molar refractivity (Wildman–Crippen MR) is 85.9 cm³/mol. The van der Waals surface area contributed by atoms with Crippen LogP contribution in [-0.4, -0.2) is 36.5 Å². The number of nitrogens with zero attached hydrogens (tertiary/aromatic N) is 1. The number of likely N-dealkylation sites (tertiary alicyclic amines) is 1. The van der Waals surface area contributed by atoms with Crippen LogP contribution >= 0.6 is 15.9 Å². The Bertz CT molecular complexity index is 501. The quantitative estimate of drug-likeness (QED) is 0.876. The summed E-state index contributed by atoms with van der Waals surface area (Å²) in [6.45, 7) is 7.14. The van der Waals surface area contributed by atoms with Crippen LogP contribution in [0.2, 0.25) is 0 Å². The van der Waals surface area contributed by atoms with Crippen LogP contribution in [0, 0.1) is 11.7 Å². The molecule has 1 atom stereocenters. The summed E-state index contributed by atoms with van der Waals surface area (Å²) in [6, 6.07) is 4.85. The first kappa shape index (κ1) is 16.4.